The van der Waals surface area contributed by atoms with Crippen molar-refractivity contribution in [2.75, 3.05) is 18.0 Å². The topological polar surface area (TPSA) is 36.9 Å². The fourth-order valence-corrected chi connectivity index (χ4v) is 3.73. The van der Waals surface area contributed by atoms with Gasteiger partial charge in [-0.3, -0.25) is 4.57 Å². The predicted molar refractivity (Wildman–Crippen MR) is 80.2 cm³/mol. The molecule has 2 aliphatic rings. The van der Waals surface area contributed by atoms with Gasteiger partial charge in [0.1, 0.15) is 0 Å². The van der Waals surface area contributed by atoms with Crippen LogP contribution in [0.3, 0.4) is 0 Å². The molecule has 1 aromatic heterocycles. The third-order valence-electron chi connectivity index (χ3n) is 4.51. The average Bonchev–Trinajstić information content (AvgIpc) is 2.98. The Morgan fingerprint density at radius 1 is 0.947 bits per heavy atom. The summed E-state index contributed by atoms with van der Waals surface area (Å²) in [6.07, 6.45) is 11.8. The number of hydrogen-bond donors (Lipinski definition) is 1. The fraction of sp³-hybridized carbons (Fsp3) is 0.857. The lowest BCUT2D eigenvalue weighted by Crippen LogP contribution is -2.30. The van der Waals surface area contributed by atoms with Gasteiger partial charge in [0.25, 0.3) is 0 Å². The monoisotopic (exact) mass is 280 g/mol. The van der Waals surface area contributed by atoms with Gasteiger partial charge in [-0.15, -0.1) is 5.10 Å². The number of nitrogens with one attached hydrogen (secondary N) is 1. The van der Waals surface area contributed by atoms with Crippen molar-refractivity contribution in [1.29, 1.82) is 0 Å². The van der Waals surface area contributed by atoms with Crippen LogP contribution in [0.25, 0.3) is 0 Å². The summed E-state index contributed by atoms with van der Waals surface area (Å²) in [4.78, 5) is 2.45. The van der Waals surface area contributed by atoms with Gasteiger partial charge >= 0.3 is 0 Å². The van der Waals surface area contributed by atoms with Crippen molar-refractivity contribution >= 4 is 18.2 Å². The smallest absolute Gasteiger partial charge is 0.225 e. The summed E-state index contributed by atoms with van der Waals surface area (Å²) in [5.41, 5.74) is 0. The highest BCUT2D eigenvalue weighted by molar-refractivity contribution is 7.71. The molecule has 2 heterocycles. The molecule has 106 valence electrons. The number of anilines is 1. The predicted octanol–water partition coefficient (Wildman–Crippen LogP) is 3.83. The van der Waals surface area contributed by atoms with E-state index in [2.05, 4.69) is 19.7 Å². The van der Waals surface area contributed by atoms with Gasteiger partial charge in [-0.1, -0.05) is 32.1 Å². The molecule has 0 radical (unpaired) electrons. The van der Waals surface area contributed by atoms with Crippen LogP contribution in [0, 0.1) is 4.77 Å². The highest BCUT2D eigenvalue weighted by atomic mass is 32.1. The molecule has 0 spiro atoms. The zero-order valence-corrected chi connectivity index (χ0v) is 12.4. The van der Waals surface area contributed by atoms with Crippen LogP contribution in [-0.4, -0.2) is 27.9 Å². The van der Waals surface area contributed by atoms with Crippen LogP contribution in [0.5, 0.6) is 0 Å². The molecule has 19 heavy (non-hydrogen) atoms. The van der Waals surface area contributed by atoms with E-state index >= 15 is 0 Å². The molecule has 1 saturated carbocycles. The van der Waals surface area contributed by atoms with E-state index in [0.717, 1.165) is 23.8 Å². The van der Waals surface area contributed by atoms with E-state index in [1.165, 1.54) is 57.8 Å². The van der Waals surface area contributed by atoms with Gasteiger partial charge in [-0.25, -0.2) is 5.10 Å². The molecule has 4 nitrogen and oxygen atoms in total. The van der Waals surface area contributed by atoms with Crippen molar-refractivity contribution in [1.82, 2.24) is 14.8 Å². The van der Waals surface area contributed by atoms with Gasteiger partial charge < -0.3 is 4.90 Å². The van der Waals surface area contributed by atoms with Crippen molar-refractivity contribution in [3.05, 3.63) is 4.77 Å². The SMILES string of the molecule is S=c1[nH]nc(N2CCCCCCC2)n1C1CCCC1. The summed E-state index contributed by atoms with van der Waals surface area (Å²) in [6.45, 7) is 2.26. The van der Waals surface area contributed by atoms with E-state index in [0.29, 0.717) is 6.04 Å². The first kappa shape index (κ1) is 13.2. The minimum Gasteiger partial charge on any atom is -0.341 e. The Balaban J connectivity index is 1.84. The fourth-order valence-electron chi connectivity index (χ4n) is 3.46. The van der Waals surface area contributed by atoms with Crippen LogP contribution >= 0.6 is 12.2 Å². The molecule has 3 rings (SSSR count). The summed E-state index contributed by atoms with van der Waals surface area (Å²) in [5.74, 6) is 1.10. The highest BCUT2D eigenvalue weighted by Crippen LogP contribution is 2.33. The van der Waals surface area contributed by atoms with Gasteiger partial charge in [0.15, 0.2) is 4.77 Å². The Bertz CT molecular complexity index is 450. The van der Waals surface area contributed by atoms with Crippen molar-refractivity contribution in [2.45, 2.75) is 63.8 Å². The first-order chi connectivity index (χ1) is 9.36. The van der Waals surface area contributed by atoms with E-state index in [1.54, 1.807) is 0 Å². The summed E-state index contributed by atoms with van der Waals surface area (Å²) in [5, 5.41) is 7.55. The summed E-state index contributed by atoms with van der Waals surface area (Å²) < 4.78 is 3.10. The Morgan fingerprint density at radius 2 is 1.58 bits per heavy atom. The summed E-state index contributed by atoms with van der Waals surface area (Å²) in [7, 11) is 0. The molecule has 0 bridgehead atoms. The molecule has 5 heteroatoms. The Hall–Kier alpha value is -0.840. The second kappa shape index (κ2) is 6.07. The molecule has 1 aromatic rings. The second-order valence-electron chi connectivity index (χ2n) is 5.89. The number of H-pyrrole nitrogens is 1. The van der Waals surface area contributed by atoms with Crippen molar-refractivity contribution < 1.29 is 0 Å². The second-order valence-corrected chi connectivity index (χ2v) is 6.28. The molecule has 2 fully saturated rings. The molecule has 1 N–H and O–H groups in total. The minimum atomic E-state index is 0.576. The van der Waals surface area contributed by atoms with Crippen LogP contribution in [-0.2, 0) is 0 Å². The number of aromatic nitrogens is 3. The molecule has 1 aliphatic carbocycles. The lowest BCUT2D eigenvalue weighted by molar-refractivity contribution is 0.491. The van der Waals surface area contributed by atoms with E-state index in [-0.39, 0.29) is 0 Å². The lowest BCUT2D eigenvalue weighted by atomic mass is 10.1. The molecule has 1 aliphatic heterocycles. The molecular formula is C14H24N4S. The summed E-state index contributed by atoms with van der Waals surface area (Å²) in [6, 6.07) is 0.576. The number of nitrogens with zero attached hydrogens (tertiary/aromatic N) is 3. The zero-order valence-electron chi connectivity index (χ0n) is 11.6. The van der Waals surface area contributed by atoms with Gasteiger partial charge in [0.05, 0.1) is 0 Å². The zero-order chi connectivity index (χ0) is 13.1. The molecule has 0 amide bonds. The largest absolute Gasteiger partial charge is 0.341 e. The maximum Gasteiger partial charge on any atom is 0.225 e. The van der Waals surface area contributed by atoms with Crippen molar-refractivity contribution in [3.8, 4) is 0 Å². The van der Waals surface area contributed by atoms with E-state index in [1.807, 2.05) is 0 Å². The third kappa shape index (κ3) is 2.86. The van der Waals surface area contributed by atoms with Crippen LogP contribution < -0.4 is 4.90 Å². The minimum absolute atomic E-state index is 0.576. The number of rotatable bonds is 2. The average molecular weight is 280 g/mol. The lowest BCUT2D eigenvalue weighted by Gasteiger charge is -2.27. The third-order valence-corrected chi connectivity index (χ3v) is 4.80. The van der Waals surface area contributed by atoms with Crippen LogP contribution in [0.2, 0.25) is 0 Å². The van der Waals surface area contributed by atoms with Gasteiger partial charge in [0, 0.05) is 19.1 Å². The molecular weight excluding hydrogens is 256 g/mol. The molecule has 1 saturated heterocycles. The summed E-state index contributed by atoms with van der Waals surface area (Å²) >= 11 is 5.46. The Labute approximate surface area is 120 Å². The number of hydrogen-bond acceptors (Lipinski definition) is 3. The van der Waals surface area contributed by atoms with Gasteiger partial charge in [-0.05, 0) is 37.9 Å². The first-order valence-corrected chi connectivity index (χ1v) is 8.19. The highest BCUT2D eigenvalue weighted by Gasteiger charge is 2.24. The Morgan fingerprint density at radius 3 is 2.26 bits per heavy atom. The van der Waals surface area contributed by atoms with Gasteiger partial charge in [0.2, 0.25) is 5.95 Å². The van der Waals surface area contributed by atoms with Crippen LogP contribution in [0.15, 0.2) is 0 Å². The quantitative estimate of drug-likeness (QED) is 0.837. The maximum atomic E-state index is 5.46. The molecule has 0 unspecified atom stereocenters. The molecule has 0 aromatic carbocycles. The standard InChI is InChI=1S/C14H24N4S/c19-14-16-15-13(18(14)12-8-4-5-9-12)17-10-6-2-1-3-7-11-17/h12H,1-11H2,(H,16,19). The molecule has 0 atom stereocenters. The first-order valence-electron chi connectivity index (χ1n) is 7.78. The Kier molecular flexibility index (Phi) is 4.21. The number of aromatic amines is 1. The van der Waals surface area contributed by atoms with Crippen molar-refractivity contribution in [3.63, 3.8) is 0 Å². The van der Waals surface area contributed by atoms with Crippen LogP contribution in [0.1, 0.15) is 63.8 Å². The van der Waals surface area contributed by atoms with Crippen LogP contribution in [0.4, 0.5) is 5.95 Å². The van der Waals surface area contributed by atoms with Crippen molar-refractivity contribution in [2.24, 2.45) is 0 Å². The normalized spacial score (nSPS) is 22.4. The van der Waals surface area contributed by atoms with E-state index in [4.69, 9.17) is 12.2 Å². The maximum absolute atomic E-state index is 5.46. The van der Waals surface area contributed by atoms with E-state index < -0.39 is 0 Å². The van der Waals surface area contributed by atoms with E-state index in [9.17, 15) is 0 Å². The van der Waals surface area contributed by atoms with Gasteiger partial charge in [-0.2, -0.15) is 0 Å².